The number of benzene rings is 1. The number of likely N-dealkylation sites (tertiary alicyclic amines) is 1. The molecule has 0 radical (unpaired) electrons. The molecule has 0 unspecified atom stereocenters. The summed E-state index contributed by atoms with van der Waals surface area (Å²) in [6, 6.07) is 7.00. The fraction of sp³-hybridized carbons (Fsp3) is 0.524. The van der Waals surface area contributed by atoms with Crippen LogP contribution in [0.5, 0.6) is 0 Å². The van der Waals surface area contributed by atoms with Crippen molar-refractivity contribution >= 4 is 15.9 Å². The Morgan fingerprint density at radius 2 is 2.00 bits per heavy atom. The Kier molecular flexibility index (Phi) is 4.51. The number of carbonyl (C=O) groups excluding carboxylic acids is 1. The third-order valence-electron chi connectivity index (χ3n) is 6.24. The standard InChI is InChI=1S/C21H26N4O3S/c1-15-5-4-10-23(11-15)21(26)20-18-13-24(12-16-8-9-16)29(27,28)19-7-3-2-6-17(19)25(18)14-22-20/h2-3,6-7,14-16H,4-5,8-13H2,1H3/t15-/m1/s1. The van der Waals surface area contributed by atoms with Gasteiger partial charge in [-0.15, -0.1) is 0 Å². The fourth-order valence-corrected chi connectivity index (χ4v) is 6.11. The molecule has 1 aromatic carbocycles. The highest BCUT2D eigenvalue weighted by Crippen LogP contribution is 2.36. The van der Waals surface area contributed by atoms with E-state index in [1.54, 1.807) is 33.4 Å². The van der Waals surface area contributed by atoms with Crippen LogP contribution in [0.25, 0.3) is 5.69 Å². The number of hydrogen-bond acceptors (Lipinski definition) is 4. The zero-order valence-electron chi connectivity index (χ0n) is 16.6. The van der Waals surface area contributed by atoms with Crippen LogP contribution in [0.15, 0.2) is 35.5 Å². The first-order valence-corrected chi connectivity index (χ1v) is 11.8. The molecule has 5 rings (SSSR count). The minimum Gasteiger partial charge on any atom is -0.337 e. The molecule has 1 saturated heterocycles. The van der Waals surface area contributed by atoms with Gasteiger partial charge in [-0.3, -0.25) is 9.36 Å². The van der Waals surface area contributed by atoms with E-state index < -0.39 is 10.0 Å². The van der Waals surface area contributed by atoms with Crippen LogP contribution in [0.4, 0.5) is 0 Å². The zero-order valence-corrected chi connectivity index (χ0v) is 17.4. The van der Waals surface area contributed by atoms with E-state index in [2.05, 4.69) is 11.9 Å². The van der Waals surface area contributed by atoms with Crippen LogP contribution in [0, 0.1) is 11.8 Å². The minimum absolute atomic E-state index is 0.0894. The maximum Gasteiger partial charge on any atom is 0.274 e. The van der Waals surface area contributed by atoms with Gasteiger partial charge in [-0.05, 0) is 49.7 Å². The highest BCUT2D eigenvalue weighted by Gasteiger charge is 2.38. The smallest absolute Gasteiger partial charge is 0.274 e. The number of hydrogen-bond donors (Lipinski definition) is 0. The van der Waals surface area contributed by atoms with Gasteiger partial charge in [-0.25, -0.2) is 13.4 Å². The molecule has 0 N–H and O–H groups in total. The molecule has 1 atom stereocenters. The number of imidazole rings is 1. The SMILES string of the molecule is C[C@@H]1CCCN(C(=O)c2ncn3c2CN(CC2CC2)S(=O)(=O)c2ccccc2-3)C1. The van der Waals surface area contributed by atoms with Gasteiger partial charge in [0.15, 0.2) is 5.69 Å². The molecule has 3 heterocycles. The van der Waals surface area contributed by atoms with E-state index >= 15 is 0 Å². The molecular formula is C21H26N4O3S. The molecule has 2 fully saturated rings. The molecule has 1 saturated carbocycles. The highest BCUT2D eigenvalue weighted by molar-refractivity contribution is 7.89. The second kappa shape index (κ2) is 6.95. The van der Waals surface area contributed by atoms with E-state index in [1.165, 1.54) is 0 Å². The van der Waals surface area contributed by atoms with Gasteiger partial charge in [0.05, 0.1) is 17.9 Å². The lowest BCUT2D eigenvalue weighted by atomic mass is 10.00. The number of aromatic nitrogens is 2. The van der Waals surface area contributed by atoms with Gasteiger partial charge in [0, 0.05) is 19.6 Å². The minimum atomic E-state index is -3.63. The summed E-state index contributed by atoms with van der Waals surface area (Å²) in [7, 11) is -3.63. The molecular weight excluding hydrogens is 388 g/mol. The summed E-state index contributed by atoms with van der Waals surface area (Å²) in [5.74, 6) is 0.795. The number of piperidine rings is 1. The summed E-state index contributed by atoms with van der Waals surface area (Å²) < 4.78 is 30.1. The van der Waals surface area contributed by atoms with Crippen molar-refractivity contribution in [2.75, 3.05) is 19.6 Å². The van der Waals surface area contributed by atoms with Crippen LogP contribution in [0.3, 0.4) is 0 Å². The van der Waals surface area contributed by atoms with Gasteiger partial charge in [0.25, 0.3) is 5.91 Å². The zero-order chi connectivity index (χ0) is 20.2. The van der Waals surface area contributed by atoms with E-state index in [4.69, 9.17) is 0 Å². The van der Waals surface area contributed by atoms with E-state index in [0.717, 1.165) is 38.8 Å². The fourth-order valence-electron chi connectivity index (χ4n) is 4.45. The van der Waals surface area contributed by atoms with Crippen molar-refractivity contribution in [2.24, 2.45) is 11.8 Å². The summed E-state index contributed by atoms with van der Waals surface area (Å²) in [4.78, 5) is 19.9. The lowest BCUT2D eigenvalue weighted by Gasteiger charge is -2.30. The van der Waals surface area contributed by atoms with E-state index in [1.807, 2.05) is 11.0 Å². The molecule has 0 bridgehead atoms. The quantitative estimate of drug-likeness (QED) is 0.774. The number of carbonyl (C=O) groups is 1. The lowest BCUT2D eigenvalue weighted by molar-refractivity contribution is 0.0675. The summed E-state index contributed by atoms with van der Waals surface area (Å²) in [5.41, 5.74) is 1.62. The van der Waals surface area contributed by atoms with Crippen molar-refractivity contribution in [3.63, 3.8) is 0 Å². The molecule has 0 spiro atoms. The maximum absolute atomic E-state index is 13.4. The normalized spacial score (nSPS) is 23.9. The van der Waals surface area contributed by atoms with Crippen molar-refractivity contribution in [2.45, 2.75) is 44.0 Å². The first-order valence-electron chi connectivity index (χ1n) is 10.4. The van der Waals surface area contributed by atoms with Gasteiger partial charge in [-0.1, -0.05) is 19.1 Å². The monoisotopic (exact) mass is 414 g/mol. The maximum atomic E-state index is 13.4. The molecule has 1 amide bonds. The van der Waals surface area contributed by atoms with E-state index in [0.29, 0.717) is 35.5 Å². The molecule has 2 aromatic rings. The number of fused-ring (bicyclic) bond motifs is 3. The summed E-state index contributed by atoms with van der Waals surface area (Å²) in [6.07, 6.45) is 5.85. The van der Waals surface area contributed by atoms with Crippen molar-refractivity contribution in [1.29, 1.82) is 0 Å². The highest BCUT2D eigenvalue weighted by atomic mass is 32.2. The summed E-state index contributed by atoms with van der Waals surface area (Å²) >= 11 is 0. The van der Waals surface area contributed by atoms with Gasteiger partial charge in [-0.2, -0.15) is 4.31 Å². The van der Waals surface area contributed by atoms with Gasteiger partial charge in [0.1, 0.15) is 11.2 Å². The summed E-state index contributed by atoms with van der Waals surface area (Å²) in [6.45, 7) is 4.30. The molecule has 2 aliphatic heterocycles. The predicted octanol–water partition coefficient (Wildman–Crippen LogP) is 2.66. The second-order valence-corrected chi connectivity index (χ2v) is 10.5. The molecule has 154 valence electrons. The van der Waals surface area contributed by atoms with Gasteiger partial charge < -0.3 is 4.90 Å². The first kappa shape index (κ1) is 18.8. The molecule has 1 aliphatic carbocycles. The Balaban J connectivity index is 1.60. The molecule has 1 aromatic heterocycles. The average Bonchev–Trinajstić information content (AvgIpc) is 3.45. The molecule has 3 aliphatic rings. The van der Waals surface area contributed by atoms with Crippen LogP contribution in [0.2, 0.25) is 0 Å². The van der Waals surface area contributed by atoms with Crippen molar-refractivity contribution in [3.8, 4) is 5.69 Å². The van der Waals surface area contributed by atoms with E-state index in [-0.39, 0.29) is 17.3 Å². The largest absolute Gasteiger partial charge is 0.337 e. The number of sulfonamides is 1. The predicted molar refractivity (Wildman–Crippen MR) is 108 cm³/mol. The van der Waals surface area contributed by atoms with Crippen LogP contribution in [-0.2, 0) is 16.6 Å². The van der Waals surface area contributed by atoms with Crippen LogP contribution in [0.1, 0.15) is 48.8 Å². The van der Waals surface area contributed by atoms with Crippen molar-refractivity contribution in [3.05, 3.63) is 42.0 Å². The van der Waals surface area contributed by atoms with Crippen LogP contribution >= 0.6 is 0 Å². The Morgan fingerprint density at radius 3 is 2.76 bits per heavy atom. The van der Waals surface area contributed by atoms with Crippen molar-refractivity contribution < 1.29 is 13.2 Å². The molecule has 7 nitrogen and oxygen atoms in total. The van der Waals surface area contributed by atoms with E-state index in [9.17, 15) is 13.2 Å². The molecule has 29 heavy (non-hydrogen) atoms. The topological polar surface area (TPSA) is 75.5 Å². The Labute approximate surface area is 171 Å². The van der Waals surface area contributed by atoms with Crippen LogP contribution in [-0.4, -0.2) is 52.7 Å². The Bertz CT molecular complexity index is 1060. The average molecular weight is 415 g/mol. The number of nitrogens with zero attached hydrogens (tertiary/aromatic N) is 4. The number of amides is 1. The van der Waals surface area contributed by atoms with Crippen LogP contribution < -0.4 is 0 Å². The summed E-state index contributed by atoms with van der Waals surface area (Å²) in [5, 5.41) is 0. The number of rotatable bonds is 3. The molecule has 8 heteroatoms. The number of para-hydroxylation sites is 1. The Morgan fingerprint density at radius 1 is 1.21 bits per heavy atom. The Hall–Kier alpha value is -2.19. The van der Waals surface area contributed by atoms with Gasteiger partial charge in [0.2, 0.25) is 10.0 Å². The van der Waals surface area contributed by atoms with Crippen molar-refractivity contribution in [1.82, 2.24) is 18.8 Å². The lowest BCUT2D eigenvalue weighted by Crippen LogP contribution is -2.40. The third-order valence-corrected chi connectivity index (χ3v) is 8.10. The first-order chi connectivity index (χ1) is 13.9. The van der Waals surface area contributed by atoms with Gasteiger partial charge >= 0.3 is 0 Å². The third kappa shape index (κ3) is 3.28. The second-order valence-electron chi connectivity index (χ2n) is 8.62.